The molecule has 0 aliphatic heterocycles. The van der Waals surface area contributed by atoms with Gasteiger partial charge in [-0.25, -0.2) is 4.68 Å². The summed E-state index contributed by atoms with van der Waals surface area (Å²) in [6.45, 7) is 4.51. The fourth-order valence-electron chi connectivity index (χ4n) is 3.17. The molecular formula is C15H25N5OS. The van der Waals surface area contributed by atoms with Gasteiger partial charge in [-0.1, -0.05) is 38.5 Å². The van der Waals surface area contributed by atoms with Crippen LogP contribution < -0.4 is 11.2 Å². The van der Waals surface area contributed by atoms with Crippen LogP contribution in [0.5, 0.6) is 0 Å². The number of carbonyl (C=O) groups is 1. The molecular weight excluding hydrogens is 298 g/mol. The van der Waals surface area contributed by atoms with Gasteiger partial charge >= 0.3 is 0 Å². The molecule has 6 nitrogen and oxygen atoms in total. The van der Waals surface area contributed by atoms with Crippen LogP contribution in [0.4, 0.5) is 0 Å². The van der Waals surface area contributed by atoms with Gasteiger partial charge < -0.3 is 11.2 Å². The molecule has 1 aromatic heterocycles. The highest BCUT2D eigenvalue weighted by Crippen LogP contribution is 2.39. The zero-order valence-electron chi connectivity index (χ0n) is 13.3. The van der Waals surface area contributed by atoms with Crippen LogP contribution in [-0.2, 0) is 4.79 Å². The van der Waals surface area contributed by atoms with Gasteiger partial charge in [0.15, 0.2) is 5.82 Å². The van der Waals surface area contributed by atoms with E-state index in [1.165, 1.54) is 24.6 Å². The Morgan fingerprint density at radius 3 is 2.82 bits per heavy atom. The minimum Gasteiger partial charge on any atom is -0.352 e. The zero-order valence-corrected chi connectivity index (χ0v) is 14.1. The van der Waals surface area contributed by atoms with E-state index in [0.29, 0.717) is 34.7 Å². The highest BCUT2D eigenvalue weighted by atomic mass is 32.2. The molecule has 22 heavy (non-hydrogen) atoms. The predicted octanol–water partition coefficient (Wildman–Crippen LogP) is 1.90. The van der Waals surface area contributed by atoms with E-state index in [1.54, 1.807) is 4.68 Å². The molecule has 3 N–H and O–H groups in total. The fraction of sp³-hybridized carbons (Fsp3) is 0.800. The smallest absolute Gasteiger partial charge is 0.230 e. The van der Waals surface area contributed by atoms with E-state index >= 15 is 0 Å². The van der Waals surface area contributed by atoms with Crippen LogP contribution in [0.3, 0.4) is 0 Å². The molecule has 2 aliphatic carbocycles. The molecule has 1 heterocycles. The van der Waals surface area contributed by atoms with E-state index in [2.05, 4.69) is 29.4 Å². The van der Waals surface area contributed by atoms with Crippen molar-refractivity contribution in [3.8, 4) is 0 Å². The number of hydrogen-bond donors (Lipinski definition) is 2. The molecule has 1 aromatic rings. The van der Waals surface area contributed by atoms with Gasteiger partial charge in [-0.05, 0) is 31.1 Å². The first kappa shape index (κ1) is 15.6. The van der Waals surface area contributed by atoms with E-state index in [0.717, 1.165) is 25.1 Å². The number of carbonyl (C=O) groups excluding carboxylic acids is 1. The Hall–Kier alpha value is -1.24. The van der Waals surface area contributed by atoms with Gasteiger partial charge in [-0.3, -0.25) is 4.79 Å². The minimum atomic E-state index is 0.0620. The summed E-state index contributed by atoms with van der Waals surface area (Å²) in [7, 11) is 0. The van der Waals surface area contributed by atoms with Crippen molar-refractivity contribution in [3.05, 3.63) is 5.82 Å². The second-order valence-corrected chi connectivity index (χ2v) is 7.66. The number of rotatable bonds is 5. The average molecular weight is 323 g/mol. The Balaban J connectivity index is 1.50. The molecule has 122 valence electrons. The summed E-state index contributed by atoms with van der Waals surface area (Å²) >= 11 is 1.36. The number of nitrogens with zero attached hydrogens (tertiary/aromatic N) is 3. The first-order valence-corrected chi connectivity index (χ1v) is 9.17. The van der Waals surface area contributed by atoms with Crippen molar-refractivity contribution in [3.63, 3.8) is 0 Å². The van der Waals surface area contributed by atoms with E-state index in [9.17, 15) is 4.79 Å². The standard InChI is InChI=1S/C15H25N5OS/c1-9-4-3-5-12(10(9)2)17-13(21)8-22-15-19-18-14(20(15)16)11-6-7-11/h9-12H,3-8,16H2,1-2H3,(H,17,21)/t9-,10+,12-/m0/s1. The van der Waals surface area contributed by atoms with Gasteiger partial charge in [0.05, 0.1) is 5.75 Å². The molecule has 1 amide bonds. The number of aromatic nitrogens is 3. The van der Waals surface area contributed by atoms with Gasteiger partial charge in [-0.15, -0.1) is 10.2 Å². The maximum Gasteiger partial charge on any atom is 0.230 e. The van der Waals surface area contributed by atoms with E-state index in [4.69, 9.17) is 5.84 Å². The maximum atomic E-state index is 12.2. The molecule has 0 spiro atoms. The van der Waals surface area contributed by atoms with Crippen molar-refractivity contribution in [1.82, 2.24) is 20.2 Å². The highest BCUT2D eigenvalue weighted by molar-refractivity contribution is 7.99. The summed E-state index contributed by atoms with van der Waals surface area (Å²) in [5.74, 6) is 8.93. The van der Waals surface area contributed by atoms with Gasteiger partial charge in [0, 0.05) is 12.0 Å². The molecule has 0 aromatic carbocycles. The fourth-order valence-corrected chi connectivity index (χ4v) is 3.85. The molecule has 2 fully saturated rings. The van der Waals surface area contributed by atoms with Gasteiger partial charge in [-0.2, -0.15) is 0 Å². The summed E-state index contributed by atoms with van der Waals surface area (Å²) in [4.78, 5) is 12.2. The van der Waals surface area contributed by atoms with Gasteiger partial charge in [0.25, 0.3) is 0 Å². The Morgan fingerprint density at radius 1 is 1.32 bits per heavy atom. The third kappa shape index (κ3) is 3.39. The van der Waals surface area contributed by atoms with E-state index in [-0.39, 0.29) is 5.91 Å². The Morgan fingerprint density at radius 2 is 2.09 bits per heavy atom. The Labute approximate surface area is 135 Å². The molecule has 0 saturated heterocycles. The van der Waals surface area contributed by atoms with Crippen molar-refractivity contribution < 1.29 is 4.79 Å². The molecule has 0 radical (unpaired) electrons. The maximum absolute atomic E-state index is 12.2. The van der Waals surface area contributed by atoms with Crippen LogP contribution in [0, 0.1) is 11.8 Å². The highest BCUT2D eigenvalue weighted by Gasteiger charge is 2.30. The number of amides is 1. The number of hydrogen-bond acceptors (Lipinski definition) is 5. The Kier molecular flexibility index (Phi) is 4.61. The summed E-state index contributed by atoms with van der Waals surface area (Å²) < 4.78 is 1.54. The number of nitrogens with two attached hydrogens (primary N) is 1. The summed E-state index contributed by atoms with van der Waals surface area (Å²) in [6, 6.07) is 0.301. The first-order chi connectivity index (χ1) is 10.6. The molecule has 3 atom stereocenters. The monoisotopic (exact) mass is 323 g/mol. The zero-order chi connectivity index (χ0) is 15.7. The first-order valence-electron chi connectivity index (χ1n) is 8.18. The second kappa shape index (κ2) is 6.48. The Bertz CT molecular complexity index is 542. The van der Waals surface area contributed by atoms with Crippen LogP contribution in [0.2, 0.25) is 0 Å². The lowest BCUT2D eigenvalue weighted by molar-refractivity contribution is -0.120. The van der Waals surface area contributed by atoms with Crippen molar-refractivity contribution in [2.24, 2.45) is 11.8 Å². The lowest BCUT2D eigenvalue weighted by Gasteiger charge is -2.34. The third-order valence-electron chi connectivity index (χ3n) is 5.02. The summed E-state index contributed by atoms with van der Waals surface area (Å²) in [6.07, 6.45) is 5.82. The molecule has 3 rings (SSSR count). The number of nitrogen functional groups attached to an aromatic ring is 1. The van der Waals surface area contributed by atoms with Crippen molar-refractivity contribution in [1.29, 1.82) is 0 Å². The van der Waals surface area contributed by atoms with Crippen molar-refractivity contribution >= 4 is 17.7 Å². The van der Waals surface area contributed by atoms with E-state index < -0.39 is 0 Å². The SMILES string of the molecule is C[C@H]1[C@@H](NC(=O)CSc2nnc(C3CC3)n2N)CCC[C@@H]1C. The predicted molar refractivity (Wildman–Crippen MR) is 87.0 cm³/mol. The third-order valence-corrected chi connectivity index (χ3v) is 5.96. The average Bonchev–Trinajstić information content (AvgIpc) is 3.26. The lowest BCUT2D eigenvalue weighted by atomic mass is 9.78. The largest absolute Gasteiger partial charge is 0.352 e. The lowest BCUT2D eigenvalue weighted by Crippen LogP contribution is -2.44. The normalized spacial score (nSPS) is 28.5. The molecule has 2 saturated carbocycles. The second-order valence-electron chi connectivity index (χ2n) is 6.72. The molecule has 0 unspecified atom stereocenters. The van der Waals surface area contributed by atoms with E-state index in [1.807, 2.05) is 0 Å². The molecule has 7 heteroatoms. The van der Waals surface area contributed by atoms with Crippen LogP contribution in [-0.4, -0.2) is 32.6 Å². The summed E-state index contributed by atoms with van der Waals surface area (Å²) in [5, 5.41) is 12.0. The van der Waals surface area contributed by atoms with Crippen molar-refractivity contribution in [2.75, 3.05) is 11.6 Å². The van der Waals surface area contributed by atoms with Gasteiger partial charge in [0.2, 0.25) is 11.1 Å². The van der Waals surface area contributed by atoms with Crippen LogP contribution >= 0.6 is 11.8 Å². The summed E-state index contributed by atoms with van der Waals surface area (Å²) in [5.41, 5.74) is 0. The van der Waals surface area contributed by atoms with Crippen LogP contribution in [0.25, 0.3) is 0 Å². The van der Waals surface area contributed by atoms with Crippen LogP contribution in [0.15, 0.2) is 5.16 Å². The number of nitrogens with one attached hydrogen (secondary N) is 1. The number of thioether (sulfide) groups is 1. The van der Waals surface area contributed by atoms with Gasteiger partial charge in [0.1, 0.15) is 0 Å². The molecule has 0 bridgehead atoms. The quantitative estimate of drug-likeness (QED) is 0.638. The van der Waals surface area contributed by atoms with Crippen LogP contribution in [0.1, 0.15) is 57.7 Å². The van der Waals surface area contributed by atoms with Crippen molar-refractivity contribution in [2.45, 2.75) is 63.1 Å². The molecule has 2 aliphatic rings. The topological polar surface area (TPSA) is 85.8 Å². The minimum absolute atomic E-state index is 0.0620.